The molecule has 0 amide bonds. The van der Waals surface area contributed by atoms with Crippen molar-refractivity contribution in [3.05, 3.63) is 20.7 Å². The quantitative estimate of drug-likeness (QED) is 0.604. The number of aryl methyl sites for hydroxylation is 1. The summed E-state index contributed by atoms with van der Waals surface area (Å²) < 4.78 is 7.56. The van der Waals surface area contributed by atoms with E-state index in [9.17, 15) is 4.79 Å². The Labute approximate surface area is 114 Å². The molecular formula is C12H16N4O2S. The van der Waals surface area contributed by atoms with Gasteiger partial charge in [0, 0.05) is 23.9 Å². The maximum absolute atomic E-state index is 12.5. The van der Waals surface area contributed by atoms with E-state index in [1.54, 1.807) is 15.9 Å². The molecule has 2 aromatic rings. The van der Waals surface area contributed by atoms with Gasteiger partial charge in [0.1, 0.15) is 10.3 Å². The largest absolute Gasteiger partial charge is 0.370 e. The highest BCUT2D eigenvalue weighted by atomic mass is 32.1. The number of rotatable bonds is 1. The van der Waals surface area contributed by atoms with Gasteiger partial charge in [-0.3, -0.25) is 10.2 Å². The number of anilines is 1. The Balaban J connectivity index is 2.30. The Morgan fingerprint density at radius 1 is 1.53 bits per heavy atom. The molecule has 0 spiro atoms. The van der Waals surface area contributed by atoms with Gasteiger partial charge in [-0.1, -0.05) is 0 Å². The molecule has 1 aliphatic rings. The number of hydrogen-bond donors (Lipinski definition) is 2. The highest BCUT2D eigenvalue weighted by molar-refractivity contribution is 7.18. The van der Waals surface area contributed by atoms with Crippen molar-refractivity contribution in [3.63, 3.8) is 0 Å². The number of aromatic nitrogens is 2. The smallest absolute Gasteiger partial charge is 0.218 e. The van der Waals surface area contributed by atoms with Crippen molar-refractivity contribution in [2.45, 2.75) is 32.5 Å². The first-order chi connectivity index (χ1) is 8.93. The summed E-state index contributed by atoms with van der Waals surface area (Å²) >= 11 is 1.55. The molecule has 1 aliphatic heterocycles. The van der Waals surface area contributed by atoms with E-state index < -0.39 is 0 Å². The predicted molar refractivity (Wildman–Crippen MR) is 75.2 cm³/mol. The molecule has 3 rings (SSSR count). The van der Waals surface area contributed by atoms with Crippen molar-refractivity contribution in [1.82, 2.24) is 9.55 Å². The van der Waals surface area contributed by atoms with Gasteiger partial charge >= 0.3 is 0 Å². The SMILES string of the molecule is Cn1c(NN)nc2c(=O)c3c(sc21)COC(C)(C)C3. The van der Waals surface area contributed by atoms with Gasteiger partial charge in [-0.15, -0.1) is 11.3 Å². The van der Waals surface area contributed by atoms with Gasteiger partial charge in [-0.05, 0) is 13.8 Å². The minimum atomic E-state index is -0.295. The number of fused-ring (bicyclic) bond motifs is 2. The van der Waals surface area contributed by atoms with E-state index in [-0.39, 0.29) is 11.0 Å². The molecule has 0 unspecified atom stereocenters. The molecule has 19 heavy (non-hydrogen) atoms. The topological polar surface area (TPSA) is 82.2 Å². The summed E-state index contributed by atoms with van der Waals surface area (Å²) in [7, 11) is 1.83. The van der Waals surface area contributed by atoms with Crippen LogP contribution in [0.2, 0.25) is 0 Å². The number of ether oxygens (including phenoxy) is 1. The molecule has 3 N–H and O–H groups in total. The first-order valence-electron chi connectivity index (χ1n) is 6.05. The molecule has 0 saturated carbocycles. The van der Waals surface area contributed by atoms with Gasteiger partial charge < -0.3 is 9.30 Å². The van der Waals surface area contributed by atoms with Crippen LogP contribution in [0.25, 0.3) is 10.3 Å². The molecule has 0 saturated heterocycles. The van der Waals surface area contributed by atoms with Gasteiger partial charge in [0.25, 0.3) is 0 Å². The van der Waals surface area contributed by atoms with E-state index in [0.29, 0.717) is 24.5 Å². The molecule has 0 fully saturated rings. The van der Waals surface area contributed by atoms with Crippen molar-refractivity contribution in [2.24, 2.45) is 12.9 Å². The van der Waals surface area contributed by atoms with E-state index in [1.165, 1.54) is 0 Å². The first-order valence-corrected chi connectivity index (χ1v) is 6.86. The average Bonchev–Trinajstić information content (AvgIpc) is 2.68. The van der Waals surface area contributed by atoms with Crippen LogP contribution in [0.4, 0.5) is 5.95 Å². The fourth-order valence-corrected chi connectivity index (χ4v) is 3.46. The summed E-state index contributed by atoms with van der Waals surface area (Å²) in [6.07, 6.45) is 0.621. The molecule has 0 aromatic carbocycles. The standard InChI is InChI=1S/C12H16N4O2S/c1-12(2)4-6-7(5-18-12)19-10-8(9(6)17)14-11(15-13)16(10)3/h4-5,13H2,1-3H3,(H,14,15). The summed E-state index contributed by atoms with van der Waals surface area (Å²) in [5.74, 6) is 5.90. The number of hydrazine groups is 1. The summed E-state index contributed by atoms with van der Waals surface area (Å²) in [5, 5.41) is 0. The van der Waals surface area contributed by atoms with Crippen LogP contribution in [0.1, 0.15) is 24.3 Å². The Morgan fingerprint density at radius 3 is 2.95 bits per heavy atom. The highest BCUT2D eigenvalue weighted by Crippen LogP contribution is 2.32. The maximum atomic E-state index is 12.5. The second kappa shape index (κ2) is 4.03. The molecule has 0 radical (unpaired) electrons. The van der Waals surface area contributed by atoms with E-state index in [2.05, 4.69) is 10.4 Å². The van der Waals surface area contributed by atoms with Crippen molar-refractivity contribution < 1.29 is 4.74 Å². The molecular weight excluding hydrogens is 264 g/mol. The second-order valence-electron chi connectivity index (χ2n) is 5.35. The van der Waals surface area contributed by atoms with Crippen LogP contribution in [0, 0.1) is 0 Å². The van der Waals surface area contributed by atoms with Gasteiger partial charge in [0.2, 0.25) is 11.4 Å². The number of nitrogen functional groups attached to an aromatic ring is 1. The van der Waals surface area contributed by atoms with Crippen LogP contribution in [0.5, 0.6) is 0 Å². The lowest BCUT2D eigenvalue weighted by Gasteiger charge is -2.30. The molecule has 3 heterocycles. The van der Waals surface area contributed by atoms with Crippen LogP contribution in [-0.4, -0.2) is 15.2 Å². The lowest BCUT2D eigenvalue weighted by Crippen LogP contribution is -2.34. The lowest BCUT2D eigenvalue weighted by molar-refractivity contribution is -0.0386. The van der Waals surface area contributed by atoms with Gasteiger partial charge in [-0.25, -0.2) is 10.8 Å². The molecule has 6 nitrogen and oxygen atoms in total. The second-order valence-corrected chi connectivity index (χ2v) is 6.43. The third-order valence-electron chi connectivity index (χ3n) is 3.41. The van der Waals surface area contributed by atoms with E-state index in [1.807, 2.05) is 20.9 Å². The lowest BCUT2D eigenvalue weighted by atomic mass is 9.96. The zero-order valence-corrected chi connectivity index (χ0v) is 11.9. The molecule has 0 aliphatic carbocycles. The van der Waals surface area contributed by atoms with Gasteiger partial charge in [0.15, 0.2) is 0 Å². The van der Waals surface area contributed by atoms with Crippen molar-refractivity contribution in [2.75, 3.05) is 5.43 Å². The van der Waals surface area contributed by atoms with E-state index >= 15 is 0 Å². The monoisotopic (exact) mass is 280 g/mol. The Morgan fingerprint density at radius 2 is 2.26 bits per heavy atom. The summed E-state index contributed by atoms with van der Waals surface area (Å²) in [5.41, 5.74) is 3.52. The Kier molecular flexibility index (Phi) is 2.67. The fraction of sp³-hybridized carbons (Fsp3) is 0.500. The summed E-state index contributed by atoms with van der Waals surface area (Å²) in [6.45, 7) is 4.47. The van der Waals surface area contributed by atoms with E-state index in [0.717, 1.165) is 15.3 Å². The zero-order valence-electron chi connectivity index (χ0n) is 11.1. The van der Waals surface area contributed by atoms with Crippen LogP contribution < -0.4 is 16.7 Å². The van der Waals surface area contributed by atoms with Crippen molar-refractivity contribution in [1.29, 1.82) is 0 Å². The number of imidazole rings is 1. The van der Waals surface area contributed by atoms with Crippen LogP contribution in [-0.2, 0) is 24.8 Å². The number of hydrogen-bond acceptors (Lipinski definition) is 6. The zero-order chi connectivity index (χ0) is 13.8. The van der Waals surface area contributed by atoms with Crippen molar-refractivity contribution >= 4 is 27.6 Å². The molecule has 0 atom stereocenters. The molecule has 7 heteroatoms. The average molecular weight is 280 g/mol. The number of nitrogens with two attached hydrogens (primary N) is 1. The number of nitrogens with one attached hydrogen (secondary N) is 1. The first kappa shape index (κ1) is 12.6. The summed E-state index contributed by atoms with van der Waals surface area (Å²) in [6, 6.07) is 0. The molecule has 102 valence electrons. The van der Waals surface area contributed by atoms with Crippen LogP contribution >= 0.6 is 11.3 Å². The van der Waals surface area contributed by atoms with Crippen LogP contribution in [0.3, 0.4) is 0 Å². The van der Waals surface area contributed by atoms with Crippen LogP contribution in [0.15, 0.2) is 4.79 Å². The minimum Gasteiger partial charge on any atom is -0.370 e. The highest BCUT2D eigenvalue weighted by Gasteiger charge is 2.30. The van der Waals surface area contributed by atoms with Crippen molar-refractivity contribution in [3.8, 4) is 0 Å². The normalized spacial score (nSPS) is 17.5. The fourth-order valence-electron chi connectivity index (χ4n) is 2.36. The van der Waals surface area contributed by atoms with E-state index in [4.69, 9.17) is 10.6 Å². The summed E-state index contributed by atoms with van der Waals surface area (Å²) in [4.78, 5) is 18.6. The van der Waals surface area contributed by atoms with Gasteiger partial charge in [-0.2, -0.15) is 0 Å². The molecule has 2 aromatic heterocycles. The number of nitrogens with zero attached hydrogens (tertiary/aromatic N) is 2. The molecule has 0 bridgehead atoms. The Bertz CT molecular complexity index is 717. The van der Waals surface area contributed by atoms with Gasteiger partial charge in [0.05, 0.1) is 12.2 Å². The third-order valence-corrected chi connectivity index (χ3v) is 4.69. The minimum absolute atomic E-state index is 0.00257. The maximum Gasteiger partial charge on any atom is 0.218 e. The Hall–Kier alpha value is -1.44. The third kappa shape index (κ3) is 1.85. The predicted octanol–water partition coefficient (Wildman–Crippen LogP) is 1.13.